The molecule has 0 aliphatic carbocycles. The number of nitrogens with zero attached hydrogens (tertiary/aromatic N) is 2. The first kappa shape index (κ1) is 12.1. The number of nitrogen functional groups attached to an aromatic ring is 1. The Kier molecular flexibility index (Phi) is 3.77. The molecule has 0 amide bonds. The van der Waals surface area contributed by atoms with Crippen LogP contribution in [0.25, 0.3) is 0 Å². The maximum absolute atomic E-state index is 11.6. The predicted octanol–water partition coefficient (Wildman–Crippen LogP) is 0.363. The molecule has 1 aromatic rings. The topological polar surface area (TPSA) is 98.0 Å². The third kappa shape index (κ3) is 3.26. The van der Waals surface area contributed by atoms with Crippen molar-refractivity contribution >= 4 is 26.5 Å². The molecule has 0 bridgehead atoms. The minimum absolute atomic E-state index is 0.115. The second kappa shape index (κ2) is 4.69. The highest BCUT2D eigenvalue weighted by atomic mass is 32.2. The van der Waals surface area contributed by atoms with Gasteiger partial charge in [0.1, 0.15) is 0 Å². The number of nitrogens with two attached hydrogens (primary N) is 1. The van der Waals surface area contributed by atoms with Crippen molar-refractivity contribution in [2.75, 3.05) is 5.73 Å². The Morgan fingerprint density at radius 1 is 1.67 bits per heavy atom. The van der Waals surface area contributed by atoms with Crippen molar-refractivity contribution in [3.05, 3.63) is 12.7 Å². The highest BCUT2D eigenvalue weighted by Gasteiger charge is 2.21. The number of nitrogens with one attached hydrogen (secondary N) is 1. The summed E-state index contributed by atoms with van der Waals surface area (Å²) < 4.78 is 25.6. The molecule has 0 aromatic carbocycles. The Labute approximate surface area is 92.3 Å². The van der Waals surface area contributed by atoms with Crippen molar-refractivity contribution in [1.29, 1.82) is 0 Å². The minimum Gasteiger partial charge on any atom is -0.374 e. The van der Waals surface area contributed by atoms with E-state index in [-0.39, 0.29) is 15.5 Å². The van der Waals surface area contributed by atoms with Gasteiger partial charge in [-0.2, -0.15) is 0 Å². The van der Waals surface area contributed by atoms with Crippen LogP contribution < -0.4 is 10.5 Å². The summed E-state index contributed by atoms with van der Waals surface area (Å²) in [5, 5.41) is 7.04. The van der Waals surface area contributed by atoms with Gasteiger partial charge < -0.3 is 5.73 Å². The Bertz CT molecular complexity index is 440. The standard InChI is InChI=1S/C7H12N4O2S2/c1-3-4-5(2)11-15(12,13)7-10-9-6(8)14-7/h3,5,11H,1,4H2,2H3,(H2,8,9). The van der Waals surface area contributed by atoms with Gasteiger partial charge in [-0.05, 0) is 13.3 Å². The summed E-state index contributed by atoms with van der Waals surface area (Å²) in [4.78, 5) is 0. The Morgan fingerprint density at radius 3 is 2.80 bits per heavy atom. The minimum atomic E-state index is -3.59. The molecule has 1 heterocycles. The van der Waals surface area contributed by atoms with Crippen LogP contribution in [0.1, 0.15) is 13.3 Å². The number of hydrogen-bond donors (Lipinski definition) is 2. The fourth-order valence-electron chi connectivity index (χ4n) is 0.942. The van der Waals surface area contributed by atoms with Crippen LogP contribution in [-0.4, -0.2) is 24.7 Å². The molecule has 3 N–H and O–H groups in total. The molecule has 0 fully saturated rings. The quantitative estimate of drug-likeness (QED) is 0.733. The fourth-order valence-corrected chi connectivity index (χ4v) is 3.00. The fraction of sp³-hybridized carbons (Fsp3) is 0.429. The van der Waals surface area contributed by atoms with Gasteiger partial charge >= 0.3 is 0 Å². The molecule has 1 atom stereocenters. The molecule has 8 heteroatoms. The van der Waals surface area contributed by atoms with Crippen molar-refractivity contribution in [2.45, 2.75) is 23.7 Å². The maximum atomic E-state index is 11.6. The molecular formula is C7H12N4O2S2. The number of anilines is 1. The number of rotatable bonds is 5. The molecule has 15 heavy (non-hydrogen) atoms. The summed E-state index contributed by atoms with van der Waals surface area (Å²) in [6.07, 6.45) is 2.19. The molecule has 0 aliphatic rings. The molecule has 6 nitrogen and oxygen atoms in total. The highest BCUT2D eigenvalue weighted by molar-refractivity contribution is 7.91. The van der Waals surface area contributed by atoms with E-state index in [0.717, 1.165) is 11.3 Å². The number of aromatic nitrogens is 2. The molecule has 84 valence electrons. The van der Waals surface area contributed by atoms with E-state index in [0.29, 0.717) is 6.42 Å². The van der Waals surface area contributed by atoms with Crippen LogP contribution in [0.2, 0.25) is 0 Å². The largest absolute Gasteiger partial charge is 0.374 e. The number of sulfonamides is 1. The second-order valence-electron chi connectivity index (χ2n) is 2.95. The van der Waals surface area contributed by atoms with Crippen LogP contribution in [-0.2, 0) is 10.0 Å². The zero-order chi connectivity index (χ0) is 11.5. The SMILES string of the molecule is C=CCC(C)NS(=O)(=O)c1nnc(N)s1. The monoisotopic (exact) mass is 248 g/mol. The van der Waals surface area contributed by atoms with Crippen LogP contribution in [0.4, 0.5) is 5.13 Å². The van der Waals surface area contributed by atoms with Crippen LogP contribution >= 0.6 is 11.3 Å². The van der Waals surface area contributed by atoms with E-state index in [4.69, 9.17) is 5.73 Å². The number of hydrogen-bond acceptors (Lipinski definition) is 6. The summed E-state index contributed by atoms with van der Waals surface area (Å²) in [6.45, 7) is 5.27. The van der Waals surface area contributed by atoms with Gasteiger partial charge in [-0.3, -0.25) is 0 Å². The lowest BCUT2D eigenvalue weighted by molar-refractivity contribution is 0.560. The first-order valence-corrected chi connectivity index (χ1v) is 6.48. The van der Waals surface area contributed by atoms with Gasteiger partial charge in [0.05, 0.1) is 0 Å². The average molecular weight is 248 g/mol. The average Bonchev–Trinajstić information content (AvgIpc) is 2.51. The lowest BCUT2D eigenvalue weighted by Crippen LogP contribution is -2.32. The van der Waals surface area contributed by atoms with Crippen LogP contribution in [0, 0.1) is 0 Å². The molecule has 1 rings (SSSR count). The molecule has 1 aromatic heterocycles. The van der Waals surface area contributed by atoms with Gasteiger partial charge in [0.25, 0.3) is 10.0 Å². The van der Waals surface area contributed by atoms with E-state index in [9.17, 15) is 8.42 Å². The maximum Gasteiger partial charge on any atom is 0.270 e. The van der Waals surface area contributed by atoms with Crippen molar-refractivity contribution in [3.8, 4) is 0 Å². The summed E-state index contributed by atoms with van der Waals surface area (Å²) >= 11 is 0.834. The van der Waals surface area contributed by atoms with E-state index in [1.54, 1.807) is 13.0 Å². The molecular weight excluding hydrogens is 236 g/mol. The Morgan fingerprint density at radius 2 is 2.33 bits per heavy atom. The summed E-state index contributed by atoms with van der Waals surface area (Å²) in [7, 11) is -3.59. The van der Waals surface area contributed by atoms with Crippen molar-refractivity contribution in [3.63, 3.8) is 0 Å². The van der Waals surface area contributed by atoms with E-state index in [1.807, 2.05) is 0 Å². The third-order valence-corrected chi connectivity index (χ3v) is 4.24. The molecule has 1 unspecified atom stereocenters. The molecule has 0 aliphatic heterocycles. The van der Waals surface area contributed by atoms with Gasteiger partial charge in [-0.15, -0.1) is 16.8 Å². The van der Waals surface area contributed by atoms with Gasteiger partial charge in [0.2, 0.25) is 9.47 Å². The van der Waals surface area contributed by atoms with Crippen molar-refractivity contribution in [2.24, 2.45) is 0 Å². The highest BCUT2D eigenvalue weighted by Crippen LogP contribution is 2.16. The molecule has 0 radical (unpaired) electrons. The summed E-state index contributed by atoms with van der Waals surface area (Å²) in [5.41, 5.74) is 5.30. The summed E-state index contributed by atoms with van der Waals surface area (Å²) in [6, 6.07) is -0.224. The van der Waals surface area contributed by atoms with E-state index in [2.05, 4.69) is 21.5 Å². The van der Waals surface area contributed by atoms with E-state index >= 15 is 0 Å². The van der Waals surface area contributed by atoms with Gasteiger partial charge in [-0.1, -0.05) is 17.4 Å². The smallest absolute Gasteiger partial charge is 0.270 e. The lowest BCUT2D eigenvalue weighted by Gasteiger charge is -2.09. The van der Waals surface area contributed by atoms with Crippen LogP contribution in [0.5, 0.6) is 0 Å². The molecule has 0 spiro atoms. The third-order valence-electron chi connectivity index (χ3n) is 1.53. The van der Waals surface area contributed by atoms with Crippen LogP contribution in [0.15, 0.2) is 17.0 Å². The zero-order valence-electron chi connectivity index (χ0n) is 8.17. The molecule has 0 saturated heterocycles. The van der Waals surface area contributed by atoms with Crippen molar-refractivity contribution < 1.29 is 8.42 Å². The van der Waals surface area contributed by atoms with Gasteiger partial charge in [0.15, 0.2) is 0 Å². The first-order valence-electron chi connectivity index (χ1n) is 4.18. The normalized spacial score (nSPS) is 13.7. The van der Waals surface area contributed by atoms with E-state index < -0.39 is 10.0 Å². The van der Waals surface area contributed by atoms with E-state index in [1.165, 1.54) is 0 Å². The van der Waals surface area contributed by atoms with Crippen molar-refractivity contribution in [1.82, 2.24) is 14.9 Å². The summed E-state index contributed by atoms with van der Waals surface area (Å²) in [5.74, 6) is 0. The Balaban J connectivity index is 2.80. The van der Waals surface area contributed by atoms with Gasteiger partial charge in [0, 0.05) is 6.04 Å². The Hall–Kier alpha value is -0.990. The predicted molar refractivity (Wildman–Crippen MR) is 58.9 cm³/mol. The second-order valence-corrected chi connectivity index (χ2v) is 5.85. The lowest BCUT2D eigenvalue weighted by atomic mass is 10.3. The first-order chi connectivity index (χ1) is 6.95. The zero-order valence-corrected chi connectivity index (χ0v) is 9.81. The molecule has 0 saturated carbocycles. The van der Waals surface area contributed by atoms with Gasteiger partial charge in [-0.25, -0.2) is 13.1 Å². The van der Waals surface area contributed by atoms with Crippen LogP contribution in [0.3, 0.4) is 0 Å².